The van der Waals surface area contributed by atoms with Crippen molar-refractivity contribution in [3.63, 3.8) is 0 Å². The van der Waals surface area contributed by atoms with Crippen molar-refractivity contribution in [2.45, 2.75) is 31.2 Å². The Morgan fingerprint density at radius 1 is 1.11 bits per heavy atom. The molecular formula is C20H18BrFN2O3S. The number of aromatic nitrogens is 1. The smallest absolute Gasteiger partial charge is 0.265 e. The molecule has 3 aromatic rings. The SMILES string of the molecule is CCC1c2ccc(Br)n2-c2ccc(F)cc2N1S(=O)(=O)c1ccc(O)c(C)c1. The fraction of sp³-hybridized carbons (Fsp3) is 0.200. The van der Waals surface area contributed by atoms with Gasteiger partial charge in [-0.25, -0.2) is 12.8 Å². The molecule has 0 saturated heterocycles. The molecule has 146 valence electrons. The minimum absolute atomic E-state index is 0.0221. The van der Waals surface area contributed by atoms with Crippen LogP contribution in [0.5, 0.6) is 5.75 Å². The van der Waals surface area contributed by atoms with E-state index in [2.05, 4.69) is 15.9 Å². The second-order valence-electron chi connectivity index (χ2n) is 6.72. The minimum Gasteiger partial charge on any atom is -0.508 e. The molecule has 0 fully saturated rings. The summed E-state index contributed by atoms with van der Waals surface area (Å²) in [5.41, 5.74) is 2.11. The van der Waals surface area contributed by atoms with Gasteiger partial charge in [0.2, 0.25) is 0 Å². The summed E-state index contributed by atoms with van der Waals surface area (Å²) in [6.45, 7) is 3.53. The van der Waals surface area contributed by atoms with E-state index in [1.807, 2.05) is 23.6 Å². The first-order chi connectivity index (χ1) is 13.3. The number of hydrogen-bond acceptors (Lipinski definition) is 3. The average Bonchev–Trinajstić information content (AvgIpc) is 3.04. The monoisotopic (exact) mass is 464 g/mol. The van der Waals surface area contributed by atoms with Crippen molar-refractivity contribution in [1.29, 1.82) is 0 Å². The van der Waals surface area contributed by atoms with Gasteiger partial charge in [0.1, 0.15) is 11.6 Å². The van der Waals surface area contributed by atoms with Crippen LogP contribution < -0.4 is 4.31 Å². The molecule has 1 aliphatic heterocycles. The molecule has 0 saturated carbocycles. The first-order valence-electron chi connectivity index (χ1n) is 8.77. The van der Waals surface area contributed by atoms with E-state index in [0.717, 1.165) is 10.3 Å². The van der Waals surface area contributed by atoms with E-state index >= 15 is 0 Å². The molecule has 0 spiro atoms. The molecular weight excluding hydrogens is 447 g/mol. The first kappa shape index (κ1) is 19.0. The van der Waals surface area contributed by atoms with Gasteiger partial charge < -0.3 is 9.67 Å². The number of nitrogens with zero attached hydrogens (tertiary/aromatic N) is 2. The number of anilines is 1. The van der Waals surface area contributed by atoms with E-state index in [1.54, 1.807) is 13.0 Å². The summed E-state index contributed by atoms with van der Waals surface area (Å²) in [4.78, 5) is 0.0514. The van der Waals surface area contributed by atoms with Crippen LogP contribution in [0.4, 0.5) is 10.1 Å². The van der Waals surface area contributed by atoms with Crippen LogP contribution in [0.15, 0.2) is 58.0 Å². The lowest BCUT2D eigenvalue weighted by molar-refractivity contribution is 0.470. The van der Waals surface area contributed by atoms with Gasteiger partial charge in [0.15, 0.2) is 0 Å². The quantitative estimate of drug-likeness (QED) is 0.589. The van der Waals surface area contributed by atoms with Gasteiger partial charge in [-0.2, -0.15) is 0 Å². The molecule has 0 aliphatic carbocycles. The highest BCUT2D eigenvalue weighted by molar-refractivity contribution is 9.10. The average molecular weight is 465 g/mol. The van der Waals surface area contributed by atoms with Crippen LogP contribution in [0.3, 0.4) is 0 Å². The molecule has 0 amide bonds. The number of halogens is 2. The van der Waals surface area contributed by atoms with Gasteiger partial charge in [0.05, 0.1) is 26.9 Å². The zero-order valence-electron chi connectivity index (χ0n) is 15.2. The number of phenols is 1. The number of aromatic hydroxyl groups is 1. The normalized spacial score (nSPS) is 16.0. The highest BCUT2D eigenvalue weighted by atomic mass is 79.9. The van der Waals surface area contributed by atoms with E-state index in [-0.39, 0.29) is 16.3 Å². The molecule has 4 rings (SSSR count). The molecule has 0 bridgehead atoms. The van der Waals surface area contributed by atoms with E-state index in [0.29, 0.717) is 17.7 Å². The summed E-state index contributed by atoms with van der Waals surface area (Å²) in [6, 6.07) is 11.5. The molecule has 0 radical (unpaired) electrons. The van der Waals surface area contributed by atoms with Crippen molar-refractivity contribution in [2.75, 3.05) is 4.31 Å². The van der Waals surface area contributed by atoms with E-state index in [4.69, 9.17) is 0 Å². The third-order valence-corrected chi connectivity index (χ3v) is 7.45. The summed E-state index contributed by atoms with van der Waals surface area (Å²) >= 11 is 3.50. The Hall–Kier alpha value is -2.32. The standard InChI is InChI=1S/C20H18BrFN2O3S/c1-3-15-16-7-9-20(21)23(16)17-6-4-13(22)11-18(17)24(15)28(26,27)14-5-8-19(25)12(2)10-14/h4-11,15,25H,3H2,1-2H3. The molecule has 28 heavy (non-hydrogen) atoms. The third-order valence-electron chi connectivity index (χ3n) is 5.02. The predicted octanol–water partition coefficient (Wildman–Crippen LogP) is 5.05. The lowest BCUT2D eigenvalue weighted by Gasteiger charge is -2.38. The number of sulfonamides is 1. The molecule has 1 unspecified atom stereocenters. The Morgan fingerprint density at radius 2 is 1.86 bits per heavy atom. The Labute approximate surface area is 171 Å². The van der Waals surface area contributed by atoms with Crippen LogP contribution in [-0.2, 0) is 10.0 Å². The molecule has 1 aliphatic rings. The van der Waals surface area contributed by atoms with Gasteiger partial charge in [-0.05, 0) is 77.3 Å². The highest BCUT2D eigenvalue weighted by Gasteiger charge is 2.39. The van der Waals surface area contributed by atoms with E-state index in [9.17, 15) is 17.9 Å². The summed E-state index contributed by atoms with van der Waals surface area (Å²) in [6.07, 6.45) is 0.503. The van der Waals surface area contributed by atoms with Crippen molar-refractivity contribution in [3.8, 4) is 11.4 Å². The van der Waals surface area contributed by atoms with Gasteiger partial charge in [-0.15, -0.1) is 0 Å². The van der Waals surface area contributed by atoms with Crippen molar-refractivity contribution in [3.05, 3.63) is 70.2 Å². The van der Waals surface area contributed by atoms with Crippen molar-refractivity contribution < 1.29 is 17.9 Å². The summed E-state index contributed by atoms with van der Waals surface area (Å²) < 4.78 is 45.3. The van der Waals surface area contributed by atoms with Crippen LogP contribution in [0.2, 0.25) is 0 Å². The van der Waals surface area contributed by atoms with Gasteiger partial charge >= 0.3 is 0 Å². The van der Waals surface area contributed by atoms with Crippen LogP contribution in [0, 0.1) is 12.7 Å². The number of phenolic OH excluding ortho intramolecular Hbond substituents is 1. The van der Waals surface area contributed by atoms with Gasteiger partial charge in [-0.1, -0.05) is 6.92 Å². The largest absolute Gasteiger partial charge is 0.508 e. The highest BCUT2D eigenvalue weighted by Crippen LogP contribution is 2.45. The summed E-state index contributed by atoms with van der Waals surface area (Å²) in [5.74, 6) is -0.490. The maximum atomic E-state index is 14.1. The molecule has 1 N–H and O–H groups in total. The van der Waals surface area contributed by atoms with Crippen LogP contribution in [-0.4, -0.2) is 18.1 Å². The topological polar surface area (TPSA) is 62.5 Å². The summed E-state index contributed by atoms with van der Waals surface area (Å²) in [5, 5.41) is 9.78. The minimum atomic E-state index is -4.00. The zero-order valence-corrected chi connectivity index (χ0v) is 17.6. The van der Waals surface area contributed by atoms with Crippen LogP contribution in [0.1, 0.15) is 30.6 Å². The first-order valence-corrected chi connectivity index (χ1v) is 11.0. The molecule has 2 aromatic carbocycles. The number of rotatable bonds is 3. The number of fused-ring (bicyclic) bond motifs is 3. The molecule has 1 aromatic heterocycles. The summed E-state index contributed by atoms with van der Waals surface area (Å²) in [7, 11) is -4.00. The third kappa shape index (κ3) is 2.74. The van der Waals surface area contributed by atoms with Crippen LogP contribution in [0.25, 0.3) is 5.69 Å². The second kappa shape index (κ2) is 6.63. The number of hydrogen-bond donors (Lipinski definition) is 1. The number of benzene rings is 2. The van der Waals surface area contributed by atoms with Crippen LogP contribution >= 0.6 is 15.9 Å². The second-order valence-corrected chi connectivity index (χ2v) is 9.35. The number of aryl methyl sites for hydroxylation is 1. The maximum Gasteiger partial charge on any atom is 0.265 e. The van der Waals surface area contributed by atoms with E-state index in [1.165, 1.54) is 34.6 Å². The lowest BCUT2D eigenvalue weighted by atomic mass is 10.1. The Balaban J connectivity index is 2.00. The fourth-order valence-corrected chi connectivity index (χ4v) is 5.98. The Kier molecular flexibility index (Phi) is 4.50. The maximum absolute atomic E-state index is 14.1. The van der Waals surface area contributed by atoms with Crippen molar-refractivity contribution >= 4 is 31.6 Å². The molecule has 2 heterocycles. The zero-order chi connectivity index (χ0) is 20.2. The van der Waals surface area contributed by atoms with E-state index < -0.39 is 21.9 Å². The molecule has 1 atom stereocenters. The van der Waals surface area contributed by atoms with Crippen molar-refractivity contribution in [1.82, 2.24) is 4.57 Å². The Morgan fingerprint density at radius 3 is 2.54 bits per heavy atom. The van der Waals surface area contributed by atoms with Gasteiger partial charge in [-0.3, -0.25) is 4.31 Å². The Bertz CT molecular complexity index is 1190. The fourth-order valence-electron chi connectivity index (χ4n) is 3.66. The van der Waals surface area contributed by atoms with Crippen molar-refractivity contribution in [2.24, 2.45) is 0 Å². The lowest BCUT2D eigenvalue weighted by Crippen LogP contribution is -2.39. The van der Waals surface area contributed by atoms with Gasteiger partial charge in [0, 0.05) is 11.8 Å². The predicted molar refractivity (Wildman–Crippen MR) is 109 cm³/mol. The molecule has 5 nitrogen and oxygen atoms in total. The van der Waals surface area contributed by atoms with Gasteiger partial charge in [0.25, 0.3) is 10.0 Å². The molecule has 8 heteroatoms.